The summed E-state index contributed by atoms with van der Waals surface area (Å²) in [7, 11) is -3.44. The number of carbonyl (C=O) groups excluding carboxylic acids is 1. The summed E-state index contributed by atoms with van der Waals surface area (Å²) < 4.78 is 31.8. The highest BCUT2D eigenvalue weighted by atomic mass is 32.2. The zero-order chi connectivity index (χ0) is 25.5. The summed E-state index contributed by atoms with van der Waals surface area (Å²) in [6, 6.07) is 6.81. The number of sulfonamides is 1. The summed E-state index contributed by atoms with van der Waals surface area (Å²) in [4.78, 5) is 26.9. The molecule has 36 heavy (non-hydrogen) atoms. The minimum absolute atomic E-state index is 0.0850. The number of nitrogens with zero attached hydrogens (tertiary/aromatic N) is 4. The van der Waals surface area contributed by atoms with E-state index in [1.165, 1.54) is 12.8 Å². The van der Waals surface area contributed by atoms with Crippen LogP contribution in [-0.2, 0) is 14.8 Å². The van der Waals surface area contributed by atoms with E-state index in [0.717, 1.165) is 43.6 Å². The molecule has 1 aliphatic carbocycles. The smallest absolute Gasteiger partial charge is 0.258 e. The van der Waals surface area contributed by atoms with E-state index in [2.05, 4.69) is 29.8 Å². The van der Waals surface area contributed by atoms with Crippen molar-refractivity contribution in [3.05, 3.63) is 35.5 Å². The maximum atomic E-state index is 13.5. The molecule has 5 rings (SSSR count). The first kappa shape index (κ1) is 24.8. The monoisotopic (exact) mass is 514 g/mol. The maximum absolute atomic E-state index is 13.5. The van der Waals surface area contributed by atoms with Gasteiger partial charge in [0.25, 0.3) is 5.91 Å². The highest BCUT2D eigenvalue weighted by molar-refractivity contribution is 7.92. The van der Waals surface area contributed by atoms with Gasteiger partial charge in [-0.25, -0.2) is 13.4 Å². The van der Waals surface area contributed by atoms with E-state index in [-0.39, 0.29) is 12.0 Å². The highest BCUT2D eigenvalue weighted by Crippen LogP contribution is 2.54. The lowest BCUT2D eigenvalue weighted by Gasteiger charge is -2.35. The Kier molecular flexibility index (Phi) is 6.54. The van der Waals surface area contributed by atoms with Crippen molar-refractivity contribution in [2.75, 3.05) is 58.9 Å². The molecule has 2 N–H and O–H groups in total. The Morgan fingerprint density at radius 1 is 1.08 bits per heavy atom. The van der Waals surface area contributed by atoms with E-state index in [9.17, 15) is 13.2 Å². The third kappa shape index (κ3) is 5.73. The second-order valence-electron chi connectivity index (χ2n) is 10.4. The average molecular weight is 515 g/mol. The molecular weight excluding hydrogens is 480 g/mol. The lowest BCUT2D eigenvalue weighted by molar-refractivity contribution is 0.0526. The molecule has 2 aliphatic heterocycles. The molecule has 1 aromatic carbocycles. The van der Waals surface area contributed by atoms with Crippen LogP contribution in [0, 0.1) is 12.3 Å². The van der Waals surface area contributed by atoms with E-state index in [1.54, 1.807) is 24.3 Å². The second kappa shape index (κ2) is 9.51. The van der Waals surface area contributed by atoms with Gasteiger partial charge in [0.15, 0.2) is 0 Å². The lowest BCUT2D eigenvalue weighted by atomic mass is 9.93. The summed E-state index contributed by atoms with van der Waals surface area (Å²) in [6.45, 7) is 7.56. The van der Waals surface area contributed by atoms with Crippen LogP contribution in [0.3, 0.4) is 0 Å². The van der Waals surface area contributed by atoms with E-state index in [4.69, 9.17) is 4.74 Å². The number of rotatable bonds is 6. The summed E-state index contributed by atoms with van der Waals surface area (Å²) in [5.74, 6) is 0.711. The quantitative estimate of drug-likeness (QED) is 0.604. The number of hydrogen-bond acceptors (Lipinski definition) is 8. The number of aryl methyl sites for hydroxylation is 1. The lowest BCUT2D eigenvalue weighted by Crippen LogP contribution is -2.42. The van der Waals surface area contributed by atoms with Crippen molar-refractivity contribution in [2.45, 2.75) is 45.6 Å². The number of benzene rings is 1. The van der Waals surface area contributed by atoms with Crippen molar-refractivity contribution in [3.63, 3.8) is 0 Å². The van der Waals surface area contributed by atoms with Crippen molar-refractivity contribution < 1.29 is 17.9 Å². The van der Waals surface area contributed by atoms with Crippen molar-refractivity contribution >= 4 is 39.1 Å². The van der Waals surface area contributed by atoms with Gasteiger partial charge in [-0.2, -0.15) is 4.98 Å². The zero-order valence-corrected chi connectivity index (χ0v) is 21.9. The first-order chi connectivity index (χ1) is 17.1. The molecule has 1 aromatic heterocycles. The third-order valence-corrected chi connectivity index (χ3v) is 7.88. The van der Waals surface area contributed by atoms with Crippen molar-refractivity contribution in [2.24, 2.45) is 5.41 Å². The van der Waals surface area contributed by atoms with Crippen molar-refractivity contribution in [3.8, 4) is 0 Å². The molecule has 0 unspecified atom stereocenters. The van der Waals surface area contributed by atoms with Gasteiger partial charge in [0, 0.05) is 37.9 Å². The molecule has 1 atom stereocenters. The van der Waals surface area contributed by atoms with Crippen LogP contribution in [0.4, 0.5) is 23.1 Å². The fraction of sp³-hybridized carbons (Fsp3) is 0.560. The van der Waals surface area contributed by atoms with Gasteiger partial charge in [-0.05, 0) is 63.1 Å². The minimum atomic E-state index is -3.44. The van der Waals surface area contributed by atoms with Gasteiger partial charge in [0.2, 0.25) is 16.0 Å². The van der Waals surface area contributed by atoms with E-state index >= 15 is 0 Å². The molecule has 194 valence electrons. The van der Waals surface area contributed by atoms with E-state index in [1.807, 2.05) is 13.8 Å². The van der Waals surface area contributed by atoms with Crippen LogP contribution in [0.1, 0.15) is 48.7 Å². The normalized spacial score (nSPS) is 21.4. The second-order valence-corrected chi connectivity index (χ2v) is 12.1. The predicted molar refractivity (Wildman–Crippen MR) is 140 cm³/mol. The molecule has 3 aliphatic rings. The number of hydrogen-bond donors (Lipinski definition) is 2. The molecule has 3 heterocycles. The van der Waals surface area contributed by atoms with Crippen molar-refractivity contribution in [1.29, 1.82) is 0 Å². The van der Waals surface area contributed by atoms with Gasteiger partial charge in [0.05, 0.1) is 35.9 Å². The van der Waals surface area contributed by atoms with Crippen molar-refractivity contribution in [1.82, 2.24) is 9.97 Å². The Labute approximate surface area is 212 Å². The van der Waals surface area contributed by atoms with Gasteiger partial charge in [-0.15, -0.1) is 0 Å². The number of ether oxygens (including phenoxy) is 1. The minimum Gasteiger partial charge on any atom is -0.375 e. The first-order valence-corrected chi connectivity index (χ1v) is 14.4. The van der Waals surface area contributed by atoms with E-state index in [0.29, 0.717) is 48.1 Å². The van der Waals surface area contributed by atoms with Gasteiger partial charge in [0.1, 0.15) is 5.82 Å². The van der Waals surface area contributed by atoms with Gasteiger partial charge in [-0.1, -0.05) is 0 Å². The Bertz CT molecular complexity index is 1250. The number of aromatic nitrogens is 2. The van der Waals surface area contributed by atoms with Crippen LogP contribution >= 0.6 is 0 Å². The SMILES string of the molecule is Cc1cc(NC(=O)c2ccc(NS(C)(=O)=O)cc2N2CCC3(CC2)CC3)nc(N2CCO[C@H](C)C2)n1. The topological polar surface area (TPSA) is 117 Å². The standard InChI is InChI=1S/C25H34N6O4S/c1-17-14-22(28-24(26-17)31-12-13-35-18(2)16-31)27-23(32)20-5-4-19(29-36(3,33)34)15-21(20)30-10-8-25(6-7-25)9-11-30/h4-5,14-15,18,29H,6-13,16H2,1-3H3,(H,26,27,28,32)/t18-/m1/s1. The summed E-state index contributed by atoms with van der Waals surface area (Å²) >= 11 is 0. The van der Waals surface area contributed by atoms with Gasteiger partial charge < -0.3 is 19.9 Å². The number of piperidine rings is 1. The molecule has 0 bridgehead atoms. The molecule has 1 spiro atoms. The molecule has 11 heteroatoms. The Balaban J connectivity index is 1.40. The summed E-state index contributed by atoms with van der Waals surface area (Å²) in [5.41, 5.74) is 2.89. The van der Waals surface area contributed by atoms with Gasteiger partial charge in [-0.3, -0.25) is 9.52 Å². The average Bonchev–Trinajstić information content (AvgIpc) is 3.56. The molecular formula is C25H34N6O4S. The number of nitrogens with one attached hydrogen (secondary N) is 2. The predicted octanol–water partition coefficient (Wildman–Crippen LogP) is 3.01. The molecule has 0 radical (unpaired) electrons. The highest BCUT2D eigenvalue weighted by Gasteiger charge is 2.44. The number of amides is 1. The fourth-order valence-corrected chi connectivity index (χ4v) is 5.66. The Morgan fingerprint density at radius 2 is 1.83 bits per heavy atom. The summed E-state index contributed by atoms with van der Waals surface area (Å²) in [5, 5.41) is 2.95. The molecule has 2 saturated heterocycles. The molecule has 10 nitrogen and oxygen atoms in total. The van der Waals surface area contributed by atoms with Crippen LogP contribution in [0.15, 0.2) is 24.3 Å². The number of carbonyl (C=O) groups is 1. The molecule has 1 amide bonds. The Morgan fingerprint density at radius 3 is 2.50 bits per heavy atom. The molecule has 2 aromatic rings. The van der Waals surface area contributed by atoms with Gasteiger partial charge >= 0.3 is 0 Å². The third-order valence-electron chi connectivity index (χ3n) is 7.28. The maximum Gasteiger partial charge on any atom is 0.258 e. The number of anilines is 4. The largest absolute Gasteiger partial charge is 0.375 e. The molecule has 1 saturated carbocycles. The number of morpholine rings is 1. The van der Waals surface area contributed by atoms with Crippen LogP contribution in [0.25, 0.3) is 0 Å². The van der Waals surface area contributed by atoms with Crippen LogP contribution < -0.4 is 19.8 Å². The Hall–Kier alpha value is -2.92. The van der Waals surface area contributed by atoms with Crippen LogP contribution in [0.2, 0.25) is 0 Å². The summed E-state index contributed by atoms with van der Waals surface area (Å²) in [6.07, 6.45) is 5.94. The molecule has 3 fully saturated rings. The van der Waals surface area contributed by atoms with Crippen LogP contribution in [-0.4, -0.2) is 69.4 Å². The first-order valence-electron chi connectivity index (χ1n) is 12.5. The van der Waals surface area contributed by atoms with E-state index < -0.39 is 10.0 Å². The van der Waals surface area contributed by atoms with Crippen LogP contribution in [0.5, 0.6) is 0 Å². The fourth-order valence-electron chi connectivity index (χ4n) is 5.10. The zero-order valence-electron chi connectivity index (χ0n) is 21.1.